The Morgan fingerprint density at radius 2 is 1.95 bits per heavy atom. The third-order valence-electron chi connectivity index (χ3n) is 3.00. The highest BCUT2D eigenvalue weighted by molar-refractivity contribution is 6.00. The molecule has 0 aliphatic carbocycles. The van der Waals surface area contributed by atoms with Gasteiger partial charge < -0.3 is 5.32 Å². The van der Waals surface area contributed by atoms with Crippen LogP contribution in [0.15, 0.2) is 48.5 Å². The lowest BCUT2D eigenvalue weighted by atomic mass is 10.1. The van der Waals surface area contributed by atoms with Crippen LogP contribution >= 0.6 is 0 Å². The van der Waals surface area contributed by atoms with Crippen LogP contribution in [0.1, 0.15) is 5.56 Å². The Balaban J connectivity index is 1.81. The minimum atomic E-state index is -0.411. The lowest BCUT2D eigenvalue weighted by molar-refractivity contribution is -0.115. The first-order chi connectivity index (χ1) is 9.74. The Bertz CT molecular complexity index is 752. The van der Waals surface area contributed by atoms with Gasteiger partial charge in [0.2, 0.25) is 5.91 Å². The van der Waals surface area contributed by atoms with E-state index in [1.54, 1.807) is 12.1 Å². The molecule has 0 bridgehead atoms. The Morgan fingerprint density at radius 3 is 2.75 bits per heavy atom. The van der Waals surface area contributed by atoms with E-state index in [1.807, 2.05) is 30.3 Å². The summed E-state index contributed by atoms with van der Waals surface area (Å²) >= 11 is 0. The van der Waals surface area contributed by atoms with Gasteiger partial charge in [-0.2, -0.15) is 5.10 Å². The largest absolute Gasteiger partial charge is 0.308 e. The van der Waals surface area contributed by atoms with Crippen LogP contribution in [0, 0.1) is 5.82 Å². The third kappa shape index (κ3) is 2.38. The SMILES string of the molecule is O=C(Cc1ccccc1)Nc1n[nH]c2cccc(F)c12. The van der Waals surface area contributed by atoms with Crippen molar-refractivity contribution in [3.05, 3.63) is 59.9 Å². The Labute approximate surface area is 114 Å². The lowest BCUT2D eigenvalue weighted by Crippen LogP contribution is -2.14. The maximum absolute atomic E-state index is 13.7. The van der Waals surface area contributed by atoms with Crippen LogP contribution in [0.25, 0.3) is 10.9 Å². The molecule has 0 radical (unpaired) electrons. The van der Waals surface area contributed by atoms with E-state index in [-0.39, 0.29) is 18.1 Å². The quantitative estimate of drug-likeness (QED) is 0.768. The van der Waals surface area contributed by atoms with Crippen molar-refractivity contribution in [2.24, 2.45) is 0 Å². The molecule has 0 atom stereocenters. The van der Waals surface area contributed by atoms with Gasteiger partial charge in [-0.1, -0.05) is 36.4 Å². The number of hydrogen-bond acceptors (Lipinski definition) is 2. The average molecular weight is 269 g/mol. The van der Waals surface area contributed by atoms with E-state index in [4.69, 9.17) is 0 Å². The summed E-state index contributed by atoms with van der Waals surface area (Å²) in [5.74, 6) is -0.418. The fourth-order valence-electron chi connectivity index (χ4n) is 2.08. The van der Waals surface area contributed by atoms with Crippen LogP contribution in [-0.2, 0) is 11.2 Å². The van der Waals surface area contributed by atoms with Crippen molar-refractivity contribution in [1.29, 1.82) is 0 Å². The van der Waals surface area contributed by atoms with Gasteiger partial charge in [0, 0.05) is 0 Å². The number of rotatable bonds is 3. The molecular weight excluding hydrogens is 257 g/mol. The zero-order chi connectivity index (χ0) is 13.9. The predicted molar refractivity (Wildman–Crippen MR) is 74.8 cm³/mol. The fourth-order valence-corrected chi connectivity index (χ4v) is 2.08. The summed E-state index contributed by atoms with van der Waals surface area (Å²) in [6, 6.07) is 14.0. The summed E-state index contributed by atoms with van der Waals surface area (Å²) < 4.78 is 13.7. The molecule has 1 aromatic heterocycles. The van der Waals surface area contributed by atoms with Gasteiger partial charge in [-0.25, -0.2) is 4.39 Å². The maximum atomic E-state index is 13.7. The Hall–Kier alpha value is -2.69. The standard InChI is InChI=1S/C15H12FN3O/c16-11-7-4-8-12-14(11)15(19-18-12)17-13(20)9-10-5-2-1-3-6-10/h1-8H,9H2,(H2,17,18,19,20). The number of aromatic nitrogens is 2. The highest BCUT2D eigenvalue weighted by Crippen LogP contribution is 2.23. The fraction of sp³-hybridized carbons (Fsp3) is 0.0667. The molecule has 0 unspecified atom stereocenters. The monoisotopic (exact) mass is 269 g/mol. The summed E-state index contributed by atoms with van der Waals surface area (Å²) in [4.78, 5) is 11.9. The first-order valence-electron chi connectivity index (χ1n) is 6.20. The van der Waals surface area contributed by atoms with Crippen LogP contribution in [0.4, 0.5) is 10.2 Å². The number of nitrogens with zero attached hydrogens (tertiary/aromatic N) is 1. The van der Waals surface area contributed by atoms with Crippen molar-refractivity contribution in [3.63, 3.8) is 0 Å². The molecule has 1 amide bonds. The van der Waals surface area contributed by atoms with E-state index in [9.17, 15) is 9.18 Å². The first kappa shape index (κ1) is 12.3. The Kier molecular flexibility index (Phi) is 3.16. The van der Waals surface area contributed by atoms with Crippen molar-refractivity contribution in [3.8, 4) is 0 Å². The highest BCUT2D eigenvalue weighted by Gasteiger charge is 2.13. The summed E-state index contributed by atoms with van der Waals surface area (Å²) in [6.45, 7) is 0. The topological polar surface area (TPSA) is 57.8 Å². The molecule has 2 N–H and O–H groups in total. The van der Waals surface area contributed by atoms with Crippen molar-refractivity contribution >= 4 is 22.6 Å². The second kappa shape index (κ2) is 5.13. The third-order valence-corrected chi connectivity index (χ3v) is 3.00. The molecule has 5 heteroatoms. The van der Waals surface area contributed by atoms with Crippen LogP contribution in [0.3, 0.4) is 0 Å². The molecular formula is C15H12FN3O. The molecule has 3 aromatic rings. The molecule has 4 nitrogen and oxygen atoms in total. The van der Waals surface area contributed by atoms with Crippen LogP contribution < -0.4 is 5.32 Å². The number of carbonyl (C=O) groups excluding carboxylic acids is 1. The van der Waals surface area contributed by atoms with Gasteiger partial charge in [-0.3, -0.25) is 9.89 Å². The van der Waals surface area contributed by atoms with Gasteiger partial charge in [0.05, 0.1) is 17.3 Å². The number of carbonyl (C=O) groups is 1. The molecule has 2 aromatic carbocycles. The van der Waals surface area contributed by atoms with Gasteiger partial charge in [0.1, 0.15) is 5.82 Å². The summed E-state index contributed by atoms with van der Waals surface area (Å²) in [5, 5.41) is 9.57. The molecule has 1 heterocycles. The molecule has 0 spiro atoms. The highest BCUT2D eigenvalue weighted by atomic mass is 19.1. The van der Waals surface area contributed by atoms with E-state index in [2.05, 4.69) is 15.5 Å². The zero-order valence-corrected chi connectivity index (χ0v) is 10.6. The lowest BCUT2D eigenvalue weighted by Gasteiger charge is -2.03. The number of benzene rings is 2. The van der Waals surface area contributed by atoms with Crippen molar-refractivity contribution < 1.29 is 9.18 Å². The van der Waals surface area contributed by atoms with Gasteiger partial charge >= 0.3 is 0 Å². The molecule has 0 fully saturated rings. The number of fused-ring (bicyclic) bond motifs is 1. The average Bonchev–Trinajstić information content (AvgIpc) is 2.84. The minimum Gasteiger partial charge on any atom is -0.308 e. The summed E-state index contributed by atoms with van der Waals surface area (Å²) in [6.07, 6.45) is 0.226. The van der Waals surface area contributed by atoms with E-state index < -0.39 is 5.82 Å². The molecule has 0 saturated carbocycles. The van der Waals surface area contributed by atoms with Crippen molar-refractivity contribution in [1.82, 2.24) is 10.2 Å². The summed E-state index contributed by atoms with van der Waals surface area (Å²) in [5.41, 5.74) is 1.45. The number of anilines is 1. The second-order valence-corrected chi connectivity index (χ2v) is 4.45. The van der Waals surface area contributed by atoms with E-state index in [1.165, 1.54) is 6.07 Å². The number of hydrogen-bond donors (Lipinski definition) is 2. The molecule has 0 aliphatic rings. The molecule has 100 valence electrons. The van der Waals surface area contributed by atoms with Crippen LogP contribution in [0.2, 0.25) is 0 Å². The normalized spacial score (nSPS) is 10.7. The van der Waals surface area contributed by atoms with E-state index >= 15 is 0 Å². The number of aromatic amines is 1. The van der Waals surface area contributed by atoms with Gasteiger partial charge in [-0.05, 0) is 17.7 Å². The number of halogens is 1. The number of nitrogens with one attached hydrogen (secondary N) is 2. The van der Waals surface area contributed by atoms with Gasteiger partial charge in [-0.15, -0.1) is 0 Å². The van der Waals surface area contributed by atoms with Crippen molar-refractivity contribution in [2.75, 3.05) is 5.32 Å². The number of amides is 1. The second-order valence-electron chi connectivity index (χ2n) is 4.45. The minimum absolute atomic E-state index is 0.221. The van der Waals surface area contributed by atoms with Gasteiger partial charge in [0.15, 0.2) is 5.82 Å². The molecule has 0 saturated heterocycles. The van der Waals surface area contributed by atoms with Gasteiger partial charge in [0.25, 0.3) is 0 Å². The van der Waals surface area contributed by atoms with E-state index in [0.29, 0.717) is 10.9 Å². The van der Waals surface area contributed by atoms with Crippen LogP contribution in [-0.4, -0.2) is 16.1 Å². The maximum Gasteiger partial charge on any atom is 0.230 e. The van der Waals surface area contributed by atoms with E-state index in [0.717, 1.165) is 5.56 Å². The molecule has 0 aliphatic heterocycles. The summed E-state index contributed by atoms with van der Waals surface area (Å²) in [7, 11) is 0. The van der Waals surface area contributed by atoms with Crippen molar-refractivity contribution in [2.45, 2.75) is 6.42 Å². The first-order valence-corrected chi connectivity index (χ1v) is 6.20. The predicted octanol–water partition coefficient (Wildman–Crippen LogP) is 2.88. The van der Waals surface area contributed by atoms with Crippen LogP contribution in [0.5, 0.6) is 0 Å². The smallest absolute Gasteiger partial charge is 0.230 e. The molecule has 3 rings (SSSR count). The molecule has 20 heavy (non-hydrogen) atoms. The number of H-pyrrole nitrogens is 1. The Morgan fingerprint density at radius 1 is 1.15 bits per heavy atom. The zero-order valence-electron chi connectivity index (χ0n) is 10.6.